The van der Waals surface area contributed by atoms with Crippen LogP contribution in [0.5, 0.6) is 23.0 Å². The number of benzene rings is 2. The Hall–Kier alpha value is -3.28. The lowest BCUT2D eigenvalue weighted by atomic mass is 9.94. The first-order valence-corrected chi connectivity index (χ1v) is 11.8. The monoisotopic (exact) mass is 468 g/mol. The smallest absolute Gasteiger partial charge is 0.143 e. The van der Waals surface area contributed by atoms with Gasteiger partial charge in [-0.1, -0.05) is 18.7 Å². The van der Waals surface area contributed by atoms with E-state index in [1.165, 1.54) is 0 Å². The van der Waals surface area contributed by atoms with Crippen molar-refractivity contribution in [2.45, 2.75) is 27.7 Å². The minimum absolute atomic E-state index is 0.740. The van der Waals surface area contributed by atoms with Gasteiger partial charge in [-0.2, -0.15) is 0 Å². The molecule has 0 N–H and O–H groups in total. The normalized spacial score (nSPS) is 10.4. The molecule has 6 nitrogen and oxygen atoms in total. The van der Waals surface area contributed by atoms with Gasteiger partial charge in [-0.3, -0.25) is 0 Å². The lowest BCUT2D eigenvalue weighted by Gasteiger charge is -2.27. The molecule has 0 aromatic heterocycles. The molecule has 0 saturated carbocycles. The van der Waals surface area contributed by atoms with Crippen molar-refractivity contribution >= 4 is 16.9 Å². The van der Waals surface area contributed by atoms with Gasteiger partial charge in [0, 0.05) is 49.4 Å². The molecule has 0 aliphatic rings. The molecule has 0 aliphatic heterocycles. The van der Waals surface area contributed by atoms with Crippen molar-refractivity contribution < 1.29 is 18.9 Å². The van der Waals surface area contributed by atoms with E-state index in [0.717, 1.165) is 77.3 Å². The molecule has 0 saturated heterocycles. The number of hydrogen-bond donors (Lipinski definition) is 0. The summed E-state index contributed by atoms with van der Waals surface area (Å²) in [4.78, 5) is 4.48. The van der Waals surface area contributed by atoms with Gasteiger partial charge in [0.15, 0.2) is 0 Å². The summed E-state index contributed by atoms with van der Waals surface area (Å²) in [5, 5.41) is 0. The fraction of sp³-hybridized carbons (Fsp3) is 0.429. The highest BCUT2D eigenvalue weighted by atomic mass is 16.5. The molecule has 0 radical (unpaired) electrons. The molecule has 6 heteroatoms. The third-order valence-corrected chi connectivity index (χ3v) is 6.08. The summed E-state index contributed by atoms with van der Waals surface area (Å²) in [5.41, 5.74) is 4.65. The fourth-order valence-corrected chi connectivity index (χ4v) is 4.25. The number of nitrogens with zero attached hydrogens (tertiary/aromatic N) is 2. The summed E-state index contributed by atoms with van der Waals surface area (Å²) < 4.78 is 23.3. The van der Waals surface area contributed by atoms with Crippen molar-refractivity contribution in [3.8, 4) is 23.0 Å². The first kappa shape index (κ1) is 27.0. The van der Waals surface area contributed by atoms with Crippen LogP contribution in [-0.4, -0.2) is 54.6 Å². The number of hydrogen-bond acceptors (Lipinski definition) is 6. The summed E-state index contributed by atoms with van der Waals surface area (Å²) in [6.45, 7) is 15.9. The van der Waals surface area contributed by atoms with Gasteiger partial charge in [0.1, 0.15) is 23.0 Å². The van der Waals surface area contributed by atoms with Crippen LogP contribution in [-0.2, 0) is 0 Å². The van der Waals surface area contributed by atoms with E-state index in [4.69, 9.17) is 18.9 Å². The Morgan fingerprint density at radius 2 is 1.00 bits per heavy atom. The molecule has 2 aromatic rings. The van der Waals surface area contributed by atoms with Crippen molar-refractivity contribution in [2.75, 3.05) is 64.4 Å². The third kappa shape index (κ3) is 5.44. The van der Waals surface area contributed by atoms with Gasteiger partial charge in [0.25, 0.3) is 0 Å². The first-order valence-electron chi connectivity index (χ1n) is 11.8. The van der Waals surface area contributed by atoms with E-state index in [0.29, 0.717) is 0 Å². The zero-order chi connectivity index (χ0) is 25.3. The van der Waals surface area contributed by atoms with Gasteiger partial charge in [-0.25, -0.2) is 0 Å². The molecular weight excluding hydrogens is 428 g/mol. The average molecular weight is 469 g/mol. The second-order valence-electron chi connectivity index (χ2n) is 7.61. The van der Waals surface area contributed by atoms with E-state index in [-0.39, 0.29) is 0 Å². The van der Waals surface area contributed by atoms with E-state index in [1.54, 1.807) is 34.5 Å². The van der Waals surface area contributed by atoms with E-state index in [1.807, 2.05) is 30.3 Å². The van der Waals surface area contributed by atoms with E-state index >= 15 is 0 Å². The highest BCUT2D eigenvalue weighted by molar-refractivity contribution is 5.90. The summed E-state index contributed by atoms with van der Waals surface area (Å²) in [6.07, 6.45) is 3.73. The molecule has 186 valence electrons. The fourth-order valence-electron chi connectivity index (χ4n) is 4.25. The Morgan fingerprint density at radius 3 is 1.26 bits per heavy atom. The van der Waals surface area contributed by atoms with Crippen LogP contribution in [0.2, 0.25) is 0 Å². The molecule has 0 aliphatic carbocycles. The Labute approximate surface area is 205 Å². The SMILES string of the molecule is C=CC=C(c1cc(OC)c(N(CC)CC)cc1OC)c1cc(OC)c(N(CC)CC)cc1OC. The number of allylic oxidation sites excluding steroid dienone is 2. The van der Waals surface area contributed by atoms with Crippen molar-refractivity contribution in [1.82, 2.24) is 0 Å². The second kappa shape index (κ2) is 12.8. The zero-order valence-electron chi connectivity index (χ0n) is 22.0. The van der Waals surface area contributed by atoms with Crippen molar-refractivity contribution in [3.05, 3.63) is 54.1 Å². The van der Waals surface area contributed by atoms with Crippen LogP contribution in [0, 0.1) is 0 Å². The van der Waals surface area contributed by atoms with E-state index in [9.17, 15) is 0 Å². The Kier molecular flexibility index (Phi) is 10.2. The Bertz CT molecular complexity index is 919. The summed E-state index contributed by atoms with van der Waals surface area (Å²) >= 11 is 0. The molecule has 0 unspecified atom stereocenters. The number of anilines is 2. The summed E-state index contributed by atoms with van der Waals surface area (Å²) in [5.74, 6) is 3.04. The molecule has 2 aromatic carbocycles. The average Bonchev–Trinajstić information content (AvgIpc) is 2.88. The van der Waals surface area contributed by atoms with Gasteiger partial charge in [-0.15, -0.1) is 0 Å². The standard InChI is InChI=1S/C28H40N2O4/c1-10-15-20(21-16-27(33-8)23(18-25(21)31-6)29(11-2)12-3)22-17-28(34-9)24(19-26(22)32-7)30(13-4)14-5/h10,15-19H,1,11-14H2,2-9H3. The molecule has 2 rings (SSSR count). The molecular formula is C28H40N2O4. The molecule has 0 amide bonds. The van der Waals surface area contributed by atoms with Gasteiger partial charge in [-0.05, 0) is 45.4 Å². The molecule has 34 heavy (non-hydrogen) atoms. The molecule has 0 fully saturated rings. The quantitative estimate of drug-likeness (QED) is 0.334. The Balaban J connectivity index is 2.83. The zero-order valence-corrected chi connectivity index (χ0v) is 22.0. The van der Waals surface area contributed by atoms with Crippen LogP contribution >= 0.6 is 0 Å². The van der Waals surface area contributed by atoms with E-state index < -0.39 is 0 Å². The maximum atomic E-state index is 5.86. The van der Waals surface area contributed by atoms with Crippen LogP contribution < -0.4 is 28.7 Å². The predicted molar refractivity (Wildman–Crippen MR) is 143 cm³/mol. The predicted octanol–water partition coefficient (Wildman–Crippen LogP) is 6.03. The maximum absolute atomic E-state index is 5.86. The van der Waals surface area contributed by atoms with Crippen LogP contribution in [0.3, 0.4) is 0 Å². The van der Waals surface area contributed by atoms with Crippen LogP contribution in [0.1, 0.15) is 38.8 Å². The van der Waals surface area contributed by atoms with Crippen LogP contribution in [0.25, 0.3) is 5.57 Å². The van der Waals surface area contributed by atoms with Gasteiger partial charge >= 0.3 is 0 Å². The van der Waals surface area contributed by atoms with Gasteiger partial charge < -0.3 is 28.7 Å². The first-order chi connectivity index (χ1) is 16.5. The van der Waals surface area contributed by atoms with Gasteiger partial charge in [0.05, 0.1) is 39.8 Å². The number of rotatable bonds is 13. The summed E-state index contributed by atoms with van der Waals surface area (Å²) in [6, 6.07) is 8.11. The van der Waals surface area contributed by atoms with Crippen molar-refractivity contribution in [1.29, 1.82) is 0 Å². The lowest BCUT2D eigenvalue weighted by Crippen LogP contribution is -2.22. The van der Waals surface area contributed by atoms with Crippen molar-refractivity contribution in [2.24, 2.45) is 0 Å². The largest absolute Gasteiger partial charge is 0.496 e. The van der Waals surface area contributed by atoms with E-state index in [2.05, 4.69) is 44.1 Å². The van der Waals surface area contributed by atoms with Crippen LogP contribution in [0.15, 0.2) is 43.0 Å². The number of ether oxygens (including phenoxy) is 4. The minimum Gasteiger partial charge on any atom is -0.496 e. The summed E-state index contributed by atoms with van der Waals surface area (Å²) in [7, 11) is 6.75. The number of methoxy groups -OCH3 is 4. The maximum Gasteiger partial charge on any atom is 0.143 e. The van der Waals surface area contributed by atoms with Gasteiger partial charge in [0.2, 0.25) is 0 Å². The molecule has 0 heterocycles. The van der Waals surface area contributed by atoms with Crippen LogP contribution in [0.4, 0.5) is 11.4 Å². The minimum atomic E-state index is 0.740. The molecule has 0 atom stereocenters. The van der Waals surface area contributed by atoms with Crippen molar-refractivity contribution in [3.63, 3.8) is 0 Å². The lowest BCUT2D eigenvalue weighted by molar-refractivity contribution is 0.400. The highest BCUT2D eigenvalue weighted by Gasteiger charge is 2.22. The molecule has 0 spiro atoms. The highest BCUT2D eigenvalue weighted by Crippen LogP contribution is 2.45. The third-order valence-electron chi connectivity index (χ3n) is 6.08. The second-order valence-corrected chi connectivity index (χ2v) is 7.61. The molecule has 0 bridgehead atoms. The Morgan fingerprint density at radius 1 is 0.647 bits per heavy atom. The topological polar surface area (TPSA) is 43.4 Å².